The van der Waals surface area contributed by atoms with Crippen molar-refractivity contribution < 1.29 is 4.79 Å². The SMILES string of the molecule is CCc1ccccc1N1CC(=O)CC1(C)C. The number of hydrogen-bond acceptors (Lipinski definition) is 2. The molecule has 1 aliphatic heterocycles. The third-order valence-electron chi connectivity index (χ3n) is 3.36. The van der Waals surface area contributed by atoms with Crippen molar-refractivity contribution in [2.75, 3.05) is 11.4 Å². The first kappa shape index (κ1) is 11.2. The zero-order valence-electron chi connectivity index (χ0n) is 10.3. The largest absolute Gasteiger partial charge is 0.358 e. The van der Waals surface area contributed by atoms with Crippen LogP contribution in [0.2, 0.25) is 0 Å². The predicted octanol–water partition coefficient (Wildman–Crippen LogP) is 2.81. The zero-order chi connectivity index (χ0) is 11.8. The molecule has 1 fully saturated rings. The summed E-state index contributed by atoms with van der Waals surface area (Å²) in [7, 11) is 0. The van der Waals surface area contributed by atoms with Gasteiger partial charge in [-0.3, -0.25) is 4.79 Å². The highest BCUT2D eigenvalue weighted by Gasteiger charge is 2.37. The number of benzene rings is 1. The molecule has 0 N–H and O–H groups in total. The lowest BCUT2D eigenvalue weighted by Crippen LogP contribution is -2.38. The summed E-state index contributed by atoms with van der Waals surface area (Å²) in [5, 5.41) is 0. The summed E-state index contributed by atoms with van der Waals surface area (Å²) in [6, 6.07) is 8.38. The molecule has 1 aromatic rings. The Morgan fingerprint density at radius 3 is 2.56 bits per heavy atom. The third-order valence-corrected chi connectivity index (χ3v) is 3.36. The summed E-state index contributed by atoms with van der Waals surface area (Å²) in [4.78, 5) is 13.8. The monoisotopic (exact) mass is 217 g/mol. The highest BCUT2D eigenvalue weighted by Crippen LogP contribution is 2.34. The number of nitrogens with zero attached hydrogens (tertiary/aromatic N) is 1. The first-order valence-corrected chi connectivity index (χ1v) is 5.92. The van der Waals surface area contributed by atoms with E-state index in [-0.39, 0.29) is 5.54 Å². The van der Waals surface area contributed by atoms with E-state index >= 15 is 0 Å². The highest BCUT2D eigenvalue weighted by molar-refractivity contribution is 5.89. The molecular weight excluding hydrogens is 198 g/mol. The van der Waals surface area contributed by atoms with Crippen LogP contribution in [0.4, 0.5) is 5.69 Å². The Bertz CT molecular complexity index is 409. The Balaban J connectivity index is 2.40. The van der Waals surface area contributed by atoms with E-state index in [4.69, 9.17) is 0 Å². The molecule has 2 heteroatoms. The Morgan fingerprint density at radius 2 is 2.00 bits per heavy atom. The van der Waals surface area contributed by atoms with Gasteiger partial charge in [-0.1, -0.05) is 25.1 Å². The van der Waals surface area contributed by atoms with Gasteiger partial charge in [-0.2, -0.15) is 0 Å². The van der Waals surface area contributed by atoms with Gasteiger partial charge >= 0.3 is 0 Å². The normalized spacial score (nSPS) is 19.2. The van der Waals surface area contributed by atoms with Gasteiger partial charge in [0.15, 0.2) is 5.78 Å². The van der Waals surface area contributed by atoms with Crippen molar-refractivity contribution in [1.82, 2.24) is 0 Å². The van der Waals surface area contributed by atoms with Gasteiger partial charge < -0.3 is 4.90 Å². The van der Waals surface area contributed by atoms with Crippen LogP contribution in [0.5, 0.6) is 0 Å². The number of para-hydroxylation sites is 1. The summed E-state index contributed by atoms with van der Waals surface area (Å²) < 4.78 is 0. The molecule has 1 aromatic carbocycles. The summed E-state index contributed by atoms with van der Waals surface area (Å²) in [5.74, 6) is 0.343. The molecule has 2 rings (SSSR count). The number of anilines is 1. The second-order valence-electron chi connectivity index (χ2n) is 5.10. The van der Waals surface area contributed by atoms with Gasteiger partial charge in [0, 0.05) is 17.6 Å². The van der Waals surface area contributed by atoms with Gasteiger partial charge in [-0.15, -0.1) is 0 Å². The molecule has 0 saturated carbocycles. The minimum absolute atomic E-state index is 0.0393. The fraction of sp³-hybridized carbons (Fsp3) is 0.500. The Kier molecular flexibility index (Phi) is 2.75. The number of carbonyl (C=O) groups excluding carboxylic acids is 1. The molecule has 1 aliphatic rings. The highest BCUT2D eigenvalue weighted by atomic mass is 16.1. The van der Waals surface area contributed by atoms with E-state index in [1.807, 2.05) is 6.07 Å². The summed E-state index contributed by atoms with van der Waals surface area (Å²) in [6.07, 6.45) is 1.67. The van der Waals surface area contributed by atoms with Crippen LogP contribution in [0, 0.1) is 0 Å². The second kappa shape index (κ2) is 3.93. The van der Waals surface area contributed by atoms with Gasteiger partial charge in [-0.25, -0.2) is 0 Å². The van der Waals surface area contributed by atoms with Crippen molar-refractivity contribution in [3.05, 3.63) is 29.8 Å². The van der Waals surface area contributed by atoms with Crippen LogP contribution < -0.4 is 4.90 Å². The van der Waals surface area contributed by atoms with E-state index in [0.29, 0.717) is 18.7 Å². The molecule has 2 nitrogen and oxygen atoms in total. The summed E-state index contributed by atoms with van der Waals surface area (Å²) >= 11 is 0. The number of aryl methyl sites for hydroxylation is 1. The zero-order valence-corrected chi connectivity index (χ0v) is 10.3. The molecule has 0 radical (unpaired) electrons. The molecule has 1 heterocycles. The van der Waals surface area contributed by atoms with Crippen molar-refractivity contribution in [2.45, 2.75) is 39.2 Å². The van der Waals surface area contributed by atoms with Crippen molar-refractivity contribution in [3.63, 3.8) is 0 Å². The lowest BCUT2D eigenvalue weighted by Gasteiger charge is -2.34. The first-order chi connectivity index (χ1) is 7.54. The second-order valence-corrected chi connectivity index (χ2v) is 5.10. The fourth-order valence-electron chi connectivity index (χ4n) is 2.51. The van der Waals surface area contributed by atoms with Crippen molar-refractivity contribution in [1.29, 1.82) is 0 Å². The summed E-state index contributed by atoms with van der Waals surface area (Å²) in [6.45, 7) is 7.00. The van der Waals surface area contributed by atoms with E-state index in [1.165, 1.54) is 11.3 Å². The predicted molar refractivity (Wildman–Crippen MR) is 66.9 cm³/mol. The number of ketones is 1. The van der Waals surface area contributed by atoms with E-state index in [1.54, 1.807) is 0 Å². The molecule has 0 spiro atoms. The van der Waals surface area contributed by atoms with E-state index in [0.717, 1.165) is 6.42 Å². The van der Waals surface area contributed by atoms with Crippen molar-refractivity contribution >= 4 is 11.5 Å². The van der Waals surface area contributed by atoms with Crippen LogP contribution in [0.25, 0.3) is 0 Å². The molecule has 16 heavy (non-hydrogen) atoms. The number of hydrogen-bond donors (Lipinski definition) is 0. The number of carbonyl (C=O) groups is 1. The molecule has 0 aromatic heterocycles. The van der Waals surface area contributed by atoms with Gasteiger partial charge in [0.05, 0.1) is 6.54 Å². The van der Waals surface area contributed by atoms with Crippen LogP contribution in [0.1, 0.15) is 32.8 Å². The maximum absolute atomic E-state index is 11.6. The van der Waals surface area contributed by atoms with Gasteiger partial charge in [0.25, 0.3) is 0 Å². The van der Waals surface area contributed by atoms with Crippen LogP contribution in [0.15, 0.2) is 24.3 Å². The lowest BCUT2D eigenvalue weighted by atomic mass is 10.00. The van der Waals surface area contributed by atoms with Crippen LogP contribution in [-0.2, 0) is 11.2 Å². The third kappa shape index (κ3) is 1.84. The van der Waals surface area contributed by atoms with Crippen molar-refractivity contribution in [3.8, 4) is 0 Å². The standard InChI is InChI=1S/C14H19NO/c1-4-11-7-5-6-8-13(11)15-10-12(16)9-14(15,2)3/h5-8H,4,9-10H2,1-3H3. The van der Waals surface area contributed by atoms with Crippen molar-refractivity contribution in [2.24, 2.45) is 0 Å². The molecule has 86 valence electrons. The Labute approximate surface area is 97.3 Å². The quantitative estimate of drug-likeness (QED) is 0.759. The first-order valence-electron chi connectivity index (χ1n) is 5.92. The maximum atomic E-state index is 11.6. The minimum Gasteiger partial charge on any atom is -0.358 e. The van der Waals surface area contributed by atoms with Gasteiger partial charge in [-0.05, 0) is 31.9 Å². The minimum atomic E-state index is -0.0393. The number of rotatable bonds is 2. The van der Waals surface area contributed by atoms with Crippen LogP contribution in [0.3, 0.4) is 0 Å². The fourth-order valence-corrected chi connectivity index (χ4v) is 2.51. The molecular formula is C14H19NO. The Morgan fingerprint density at radius 1 is 1.31 bits per heavy atom. The Hall–Kier alpha value is -1.31. The smallest absolute Gasteiger partial charge is 0.154 e. The average molecular weight is 217 g/mol. The molecule has 0 atom stereocenters. The van der Waals surface area contributed by atoms with Crippen LogP contribution in [-0.4, -0.2) is 17.9 Å². The summed E-state index contributed by atoms with van der Waals surface area (Å²) in [5.41, 5.74) is 2.51. The topological polar surface area (TPSA) is 20.3 Å². The van der Waals surface area contributed by atoms with Crippen LogP contribution >= 0.6 is 0 Å². The molecule has 0 unspecified atom stereocenters. The van der Waals surface area contributed by atoms with E-state index < -0.39 is 0 Å². The molecule has 0 amide bonds. The average Bonchev–Trinajstić information content (AvgIpc) is 2.51. The lowest BCUT2D eigenvalue weighted by molar-refractivity contribution is -0.116. The molecule has 1 saturated heterocycles. The molecule has 0 aliphatic carbocycles. The van der Waals surface area contributed by atoms with E-state index in [9.17, 15) is 4.79 Å². The van der Waals surface area contributed by atoms with Gasteiger partial charge in [0.2, 0.25) is 0 Å². The number of Topliss-reactive ketones (excluding diaryl/α,β-unsaturated/α-hetero) is 1. The van der Waals surface area contributed by atoms with E-state index in [2.05, 4.69) is 43.9 Å². The van der Waals surface area contributed by atoms with Gasteiger partial charge in [0.1, 0.15) is 0 Å². The molecule has 0 bridgehead atoms. The maximum Gasteiger partial charge on any atom is 0.154 e.